The van der Waals surface area contributed by atoms with Gasteiger partial charge in [-0.15, -0.1) is 11.3 Å². The maximum Gasteiger partial charge on any atom is 0.349 e. The average Bonchev–Trinajstić information content (AvgIpc) is 3.04. The van der Waals surface area contributed by atoms with Gasteiger partial charge >= 0.3 is 5.97 Å². The molecule has 0 fully saturated rings. The molecule has 2 rings (SSSR count). The summed E-state index contributed by atoms with van der Waals surface area (Å²) in [7, 11) is 0. The van der Waals surface area contributed by atoms with Crippen molar-refractivity contribution in [2.24, 2.45) is 5.92 Å². The van der Waals surface area contributed by atoms with Gasteiger partial charge in [0.25, 0.3) is 6.47 Å². The summed E-state index contributed by atoms with van der Waals surface area (Å²) in [6, 6.07) is 5.20. The van der Waals surface area contributed by atoms with Crippen molar-refractivity contribution < 1.29 is 23.8 Å². The van der Waals surface area contributed by atoms with Crippen LogP contribution in [0.4, 0.5) is 0 Å². The lowest BCUT2D eigenvalue weighted by molar-refractivity contribution is -0.120. The Hall–Kier alpha value is -2.41. The fraction of sp³-hybridized carbons (Fsp3) is 0.353. The lowest BCUT2D eigenvalue weighted by atomic mass is 10.2. The largest absolute Gasteiger partial charge is 0.489 e. The van der Waals surface area contributed by atoms with Crippen molar-refractivity contribution in [3.63, 3.8) is 0 Å². The number of aromatic nitrogens is 1. The van der Waals surface area contributed by atoms with Crippen molar-refractivity contribution in [1.29, 1.82) is 0 Å². The number of benzene rings is 1. The molecule has 0 spiro atoms. The number of thiazole rings is 1. The van der Waals surface area contributed by atoms with Gasteiger partial charge in [-0.2, -0.15) is 0 Å². The molecule has 0 N–H and O–H groups in total. The molecule has 7 heteroatoms. The van der Waals surface area contributed by atoms with Gasteiger partial charge in [-0.05, 0) is 31.0 Å². The van der Waals surface area contributed by atoms with Gasteiger partial charge in [0.05, 0.1) is 19.4 Å². The maximum absolute atomic E-state index is 11.7. The van der Waals surface area contributed by atoms with Gasteiger partial charge in [-0.1, -0.05) is 13.8 Å². The summed E-state index contributed by atoms with van der Waals surface area (Å²) in [5, 5.41) is 0.629. The Balaban J connectivity index is 2.26. The van der Waals surface area contributed by atoms with Crippen molar-refractivity contribution >= 4 is 23.8 Å². The molecular formula is C17H19NO5S. The monoisotopic (exact) mass is 349 g/mol. The summed E-state index contributed by atoms with van der Waals surface area (Å²) in [6.07, 6.45) is 1.47. The molecule has 0 bridgehead atoms. The summed E-state index contributed by atoms with van der Waals surface area (Å²) in [5.74, 6) is 0.750. The van der Waals surface area contributed by atoms with Gasteiger partial charge in [0.2, 0.25) is 0 Å². The lowest BCUT2D eigenvalue weighted by Crippen LogP contribution is -2.05. The number of ether oxygens (including phenoxy) is 3. The third-order valence-electron chi connectivity index (χ3n) is 2.92. The molecule has 0 saturated carbocycles. The van der Waals surface area contributed by atoms with Crippen molar-refractivity contribution in [3.8, 4) is 22.1 Å². The molecule has 0 radical (unpaired) electrons. The van der Waals surface area contributed by atoms with Crippen LogP contribution in [0.3, 0.4) is 0 Å². The quantitative estimate of drug-likeness (QED) is 0.536. The first-order valence-electron chi connectivity index (χ1n) is 7.55. The molecule has 0 aliphatic carbocycles. The minimum Gasteiger partial charge on any atom is -0.489 e. The van der Waals surface area contributed by atoms with Crippen LogP contribution in [0.25, 0.3) is 10.6 Å². The Morgan fingerprint density at radius 1 is 1.33 bits per heavy atom. The number of carbonyl (C=O) groups is 2. The summed E-state index contributed by atoms with van der Waals surface area (Å²) < 4.78 is 15.6. The number of esters is 1. The summed E-state index contributed by atoms with van der Waals surface area (Å²) in [6.45, 7) is 6.98. The molecular weight excluding hydrogens is 330 g/mol. The van der Waals surface area contributed by atoms with E-state index in [1.807, 2.05) is 13.8 Å². The Labute approximate surface area is 144 Å². The van der Waals surface area contributed by atoms with E-state index >= 15 is 0 Å². The van der Waals surface area contributed by atoms with Crippen LogP contribution in [0.1, 0.15) is 30.4 Å². The number of carbonyl (C=O) groups excluding carboxylic acids is 2. The first-order valence-corrected chi connectivity index (χ1v) is 8.37. The van der Waals surface area contributed by atoms with Crippen LogP contribution in [-0.4, -0.2) is 30.6 Å². The van der Waals surface area contributed by atoms with Crippen LogP contribution >= 0.6 is 11.3 Å². The van der Waals surface area contributed by atoms with Crippen LogP contribution < -0.4 is 9.47 Å². The van der Waals surface area contributed by atoms with E-state index in [0.717, 1.165) is 5.56 Å². The standard InChI is InChI=1S/C17H19NO5S/c1-4-21-17(20)15-8-18-16(24-15)12-5-6-13(22-9-11(2)3)14(7-12)23-10-19/h5-8,10-11H,4,9H2,1-3H3. The zero-order valence-corrected chi connectivity index (χ0v) is 14.6. The summed E-state index contributed by atoms with van der Waals surface area (Å²) >= 11 is 1.21. The predicted octanol–water partition coefficient (Wildman–Crippen LogP) is 3.56. The zero-order valence-electron chi connectivity index (χ0n) is 13.8. The van der Waals surface area contributed by atoms with Gasteiger partial charge in [0, 0.05) is 5.56 Å². The molecule has 128 valence electrons. The number of hydrogen-bond donors (Lipinski definition) is 0. The van der Waals surface area contributed by atoms with Crippen molar-refractivity contribution in [2.45, 2.75) is 20.8 Å². The highest BCUT2D eigenvalue weighted by Gasteiger charge is 2.15. The van der Waals surface area contributed by atoms with Crippen LogP contribution in [-0.2, 0) is 9.53 Å². The van der Waals surface area contributed by atoms with Gasteiger partial charge in [0.15, 0.2) is 11.5 Å². The van der Waals surface area contributed by atoms with Crippen molar-refractivity contribution in [2.75, 3.05) is 13.2 Å². The second-order valence-electron chi connectivity index (χ2n) is 5.33. The Morgan fingerprint density at radius 2 is 2.12 bits per heavy atom. The molecule has 0 amide bonds. The molecule has 6 nitrogen and oxygen atoms in total. The molecule has 2 aromatic rings. The summed E-state index contributed by atoms with van der Waals surface area (Å²) in [5.41, 5.74) is 0.726. The molecule has 1 aromatic carbocycles. The van der Waals surface area contributed by atoms with Crippen molar-refractivity contribution in [1.82, 2.24) is 4.98 Å². The smallest absolute Gasteiger partial charge is 0.349 e. The Morgan fingerprint density at radius 3 is 2.79 bits per heavy atom. The second-order valence-corrected chi connectivity index (χ2v) is 6.36. The van der Waals surface area contributed by atoms with E-state index in [2.05, 4.69) is 4.98 Å². The predicted molar refractivity (Wildman–Crippen MR) is 90.5 cm³/mol. The lowest BCUT2D eigenvalue weighted by Gasteiger charge is -2.12. The third kappa shape index (κ3) is 4.55. The first-order chi connectivity index (χ1) is 11.5. The molecule has 24 heavy (non-hydrogen) atoms. The zero-order chi connectivity index (χ0) is 17.5. The highest BCUT2D eigenvalue weighted by Crippen LogP contribution is 2.34. The van der Waals surface area contributed by atoms with E-state index in [9.17, 15) is 9.59 Å². The van der Waals surface area contributed by atoms with Crippen LogP contribution in [0.15, 0.2) is 24.4 Å². The molecule has 0 aliphatic rings. The Bertz CT molecular complexity index is 711. The maximum atomic E-state index is 11.7. The van der Waals surface area contributed by atoms with Gasteiger partial charge in [-0.25, -0.2) is 9.78 Å². The molecule has 1 aromatic heterocycles. The van der Waals surface area contributed by atoms with Gasteiger partial charge in [-0.3, -0.25) is 4.79 Å². The highest BCUT2D eigenvalue weighted by molar-refractivity contribution is 7.16. The molecule has 0 unspecified atom stereocenters. The fourth-order valence-electron chi connectivity index (χ4n) is 1.86. The van der Waals surface area contributed by atoms with E-state index in [1.54, 1.807) is 25.1 Å². The van der Waals surface area contributed by atoms with E-state index < -0.39 is 5.97 Å². The van der Waals surface area contributed by atoms with E-state index in [-0.39, 0.29) is 0 Å². The van der Waals surface area contributed by atoms with Crippen molar-refractivity contribution in [3.05, 3.63) is 29.3 Å². The van der Waals surface area contributed by atoms with Crippen LogP contribution in [0.5, 0.6) is 11.5 Å². The van der Waals surface area contributed by atoms with Gasteiger partial charge < -0.3 is 14.2 Å². The summed E-state index contributed by atoms with van der Waals surface area (Å²) in [4.78, 5) is 27.1. The average molecular weight is 349 g/mol. The first kappa shape index (κ1) is 17.9. The minimum absolute atomic E-state index is 0.311. The van der Waals surface area contributed by atoms with Gasteiger partial charge in [0.1, 0.15) is 9.88 Å². The second kappa shape index (κ2) is 8.44. The third-order valence-corrected chi connectivity index (χ3v) is 3.95. The Kier molecular flexibility index (Phi) is 6.31. The minimum atomic E-state index is -0.400. The van der Waals surface area contributed by atoms with E-state index in [1.165, 1.54) is 17.5 Å². The topological polar surface area (TPSA) is 74.7 Å². The number of hydrogen-bond acceptors (Lipinski definition) is 7. The van der Waals surface area contributed by atoms with E-state index in [0.29, 0.717) is 47.0 Å². The number of nitrogens with zero attached hydrogens (tertiary/aromatic N) is 1. The fourth-order valence-corrected chi connectivity index (χ4v) is 2.67. The molecule has 0 aliphatic heterocycles. The molecule has 1 heterocycles. The van der Waals surface area contributed by atoms with E-state index in [4.69, 9.17) is 14.2 Å². The highest BCUT2D eigenvalue weighted by atomic mass is 32.1. The van der Waals surface area contributed by atoms with Crippen LogP contribution in [0, 0.1) is 5.92 Å². The van der Waals surface area contributed by atoms with Crippen LogP contribution in [0.2, 0.25) is 0 Å². The molecule has 0 atom stereocenters. The number of rotatable bonds is 8. The normalized spacial score (nSPS) is 10.5. The molecule has 0 saturated heterocycles. The SMILES string of the molecule is CCOC(=O)c1cnc(-c2ccc(OCC(C)C)c(OC=O)c2)s1.